The van der Waals surface area contributed by atoms with Crippen LogP contribution in [0.25, 0.3) is 0 Å². The summed E-state index contributed by atoms with van der Waals surface area (Å²) in [7, 11) is 0. The van der Waals surface area contributed by atoms with E-state index in [1.54, 1.807) is 0 Å². The monoisotopic (exact) mass is 94.1 g/mol. The van der Waals surface area contributed by atoms with Crippen molar-refractivity contribution in [3.05, 3.63) is 32.0 Å². The minimum absolute atomic E-state index is 2.25. The zero-order valence-electron chi connectivity index (χ0n) is 4.48. The molecule has 0 nitrogen and oxygen atoms in total. The van der Waals surface area contributed by atoms with Crippen LogP contribution < -0.4 is 0 Å². The van der Waals surface area contributed by atoms with E-state index in [1.165, 1.54) is 0 Å². The molecule has 0 rings (SSSR count). The minimum atomic E-state index is 2.25. The van der Waals surface area contributed by atoms with Crippen LogP contribution in [0.5, 0.6) is 0 Å². The van der Waals surface area contributed by atoms with E-state index in [0.29, 0.717) is 0 Å². The Morgan fingerprint density at radius 3 is 1.00 bits per heavy atom. The summed E-state index contributed by atoms with van der Waals surface area (Å²) in [6.07, 6.45) is 8.00. The molecule has 0 unspecified atom stereocenters. The van der Waals surface area contributed by atoms with Gasteiger partial charge in [0.1, 0.15) is 0 Å². The van der Waals surface area contributed by atoms with Crippen LogP contribution in [-0.4, -0.2) is 0 Å². The molecule has 0 saturated heterocycles. The average molecular weight is 94.2 g/mol. The van der Waals surface area contributed by atoms with Crippen LogP contribution in [0, 0.1) is 12.8 Å². The van der Waals surface area contributed by atoms with Crippen LogP contribution >= 0.6 is 0 Å². The van der Waals surface area contributed by atoms with Gasteiger partial charge in [-0.3, -0.25) is 0 Å². The Kier molecular flexibility index (Phi) is 5270. The van der Waals surface area contributed by atoms with E-state index < -0.39 is 0 Å². The maximum Gasteiger partial charge on any atom is -0.0572 e. The van der Waals surface area contributed by atoms with Gasteiger partial charge in [0, 0.05) is 0 Å². The van der Waals surface area contributed by atoms with Crippen molar-refractivity contribution in [1.82, 2.24) is 0 Å². The lowest BCUT2D eigenvalue weighted by Gasteiger charge is -1.10. The molecular formula is C7H10. The third-order valence-corrected chi connectivity index (χ3v) is 0. The molecule has 0 saturated carbocycles. The fourth-order valence-corrected chi connectivity index (χ4v) is 0. The average Bonchev–Trinajstić information content (AvgIpc) is 1.78. The van der Waals surface area contributed by atoms with Crippen LogP contribution in [0.1, 0.15) is 0 Å². The summed E-state index contributed by atoms with van der Waals surface area (Å²) < 4.78 is 0. The van der Waals surface area contributed by atoms with E-state index in [1.807, 2.05) is 0 Å². The second-order valence-corrected chi connectivity index (χ2v) is 0.250. The second kappa shape index (κ2) is 2170. The highest BCUT2D eigenvalue weighted by molar-refractivity contribution is 4.51. The lowest BCUT2D eigenvalue weighted by Crippen LogP contribution is -0.844. The quantitative estimate of drug-likeness (QED) is 0.245. The van der Waals surface area contributed by atoms with E-state index in [-0.39, 0.29) is 0 Å². The van der Waals surface area contributed by atoms with Gasteiger partial charge in [0.2, 0.25) is 0 Å². The number of terminal acetylenes is 1. The zero-order chi connectivity index (χ0) is 6.71. The largest absolute Gasteiger partial charge is 0.137 e. The van der Waals surface area contributed by atoms with Gasteiger partial charge in [-0.1, -0.05) is 13.2 Å². The highest BCUT2D eigenvalue weighted by Gasteiger charge is 0.904. The first-order chi connectivity index (χ1) is 3.41. The maximum absolute atomic E-state index is 4.00. The maximum atomic E-state index is 4.00. The molecule has 0 aromatic rings. The molecule has 0 aliphatic rings. The van der Waals surface area contributed by atoms with Gasteiger partial charge in [0.15, 0.2) is 0 Å². The van der Waals surface area contributed by atoms with Crippen molar-refractivity contribution < 1.29 is 0 Å². The van der Waals surface area contributed by atoms with E-state index >= 15 is 0 Å². The summed E-state index contributed by atoms with van der Waals surface area (Å²) in [6.45, 7) is 12.2. The van der Waals surface area contributed by atoms with Crippen molar-refractivity contribution >= 4 is 0 Å². The van der Waals surface area contributed by atoms with E-state index in [0.717, 1.165) is 0 Å². The SMILES string of the molecule is C#C.C=C.C=C=C. The first-order valence-corrected chi connectivity index (χ1v) is 1.54. The fraction of sp³-hybridized carbons (Fsp3) is 0. The minimum Gasteiger partial charge on any atom is -0.137 e. The molecule has 38 valence electrons. The first kappa shape index (κ1) is 17.0. The Bertz CT molecular complexity index is 51.7. The third kappa shape index (κ3) is 27.5. The summed E-state index contributed by atoms with van der Waals surface area (Å²) in [4.78, 5) is 0. The Morgan fingerprint density at radius 1 is 1.00 bits per heavy atom. The van der Waals surface area contributed by atoms with Gasteiger partial charge in [-0.25, -0.2) is 0 Å². The van der Waals surface area contributed by atoms with Crippen LogP contribution in [0.3, 0.4) is 0 Å². The van der Waals surface area contributed by atoms with Crippen molar-refractivity contribution in [3.63, 3.8) is 0 Å². The highest BCUT2D eigenvalue weighted by atomic mass is 13.0. The topological polar surface area (TPSA) is 0 Å². The van der Waals surface area contributed by atoms with Crippen LogP contribution in [0.4, 0.5) is 0 Å². The molecule has 0 aromatic heterocycles. The third-order valence-electron chi connectivity index (χ3n) is 0. The van der Waals surface area contributed by atoms with Crippen molar-refractivity contribution in [2.45, 2.75) is 0 Å². The van der Waals surface area contributed by atoms with Gasteiger partial charge in [0.05, 0.1) is 0 Å². The van der Waals surface area contributed by atoms with Crippen molar-refractivity contribution in [3.8, 4) is 12.8 Å². The molecule has 0 amide bonds. The molecule has 0 bridgehead atoms. The molecule has 0 aliphatic heterocycles. The van der Waals surface area contributed by atoms with Crippen LogP contribution in [0.2, 0.25) is 0 Å². The predicted octanol–water partition coefficient (Wildman–Crippen LogP) is 2.01. The van der Waals surface area contributed by atoms with E-state index in [9.17, 15) is 0 Å². The smallest absolute Gasteiger partial charge is 0.0572 e. The Balaban J connectivity index is -0.0000000360. The van der Waals surface area contributed by atoms with E-state index in [2.05, 4.69) is 44.9 Å². The lowest BCUT2D eigenvalue weighted by atomic mass is 11.0. The first-order valence-electron chi connectivity index (χ1n) is 1.54. The number of hydrogen-bond acceptors (Lipinski definition) is 0. The zero-order valence-corrected chi connectivity index (χ0v) is 4.48. The predicted molar refractivity (Wildman–Crippen MR) is 35.9 cm³/mol. The molecule has 7 heavy (non-hydrogen) atoms. The van der Waals surface area contributed by atoms with Gasteiger partial charge in [-0.15, -0.1) is 31.7 Å². The lowest BCUT2D eigenvalue weighted by molar-refractivity contribution is 2.51. The fourth-order valence-electron chi connectivity index (χ4n) is 0. The molecule has 0 N–H and O–H groups in total. The van der Waals surface area contributed by atoms with Gasteiger partial charge in [0.25, 0.3) is 0 Å². The van der Waals surface area contributed by atoms with Gasteiger partial charge in [-0.2, -0.15) is 0 Å². The Labute approximate surface area is 45.9 Å². The van der Waals surface area contributed by atoms with Crippen LogP contribution in [0.15, 0.2) is 32.0 Å². The molecule has 0 heteroatoms. The second-order valence-electron chi connectivity index (χ2n) is 0.250. The molecule has 0 fully saturated rings. The molecule has 0 aliphatic carbocycles. The van der Waals surface area contributed by atoms with Gasteiger partial charge in [-0.05, 0) is 0 Å². The van der Waals surface area contributed by atoms with E-state index in [4.69, 9.17) is 0 Å². The standard InChI is InChI=1S/C3H4.C2H4.C2H2/c1-3-2;2*1-2/h1-2H2;1-2H2;1-2H. The summed E-state index contributed by atoms with van der Waals surface area (Å²) in [6, 6.07) is 0. The number of rotatable bonds is 0. The highest BCUT2D eigenvalue weighted by Crippen LogP contribution is 1.16. The van der Waals surface area contributed by atoms with Crippen molar-refractivity contribution in [2.24, 2.45) is 0 Å². The summed E-state index contributed by atoms with van der Waals surface area (Å²) in [5, 5.41) is 0. The summed E-state index contributed by atoms with van der Waals surface area (Å²) >= 11 is 0. The van der Waals surface area contributed by atoms with Crippen molar-refractivity contribution in [1.29, 1.82) is 0 Å². The molecule has 0 spiro atoms. The van der Waals surface area contributed by atoms with Gasteiger partial charge < -0.3 is 0 Å². The van der Waals surface area contributed by atoms with Crippen molar-refractivity contribution in [2.75, 3.05) is 0 Å². The summed E-state index contributed by atoms with van der Waals surface area (Å²) in [5.41, 5.74) is 2.25. The molecule has 0 atom stereocenters. The molecule has 0 heterocycles. The Hall–Kier alpha value is -1.18. The molecular weight excluding hydrogens is 84.1 g/mol. The Morgan fingerprint density at radius 2 is 1.00 bits per heavy atom. The molecule has 0 aromatic carbocycles. The molecule has 0 radical (unpaired) electrons. The summed E-state index contributed by atoms with van der Waals surface area (Å²) in [5.74, 6) is 0. The van der Waals surface area contributed by atoms with Gasteiger partial charge >= 0.3 is 0 Å². The van der Waals surface area contributed by atoms with Crippen LogP contribution in [-0.2, 0) is 0 Å². The number of hydrogen-bond donors (Lipinski definition) is 0. The normalized spacial score (nSPS) is 2.00.